The number of benzene rings is 1. The molecule has 0 N–H and O–H groups in total. The van der Waals surface area contributed by atoms with Gasteiger partial charge in [0.25, 0.3) is 0 Å². The first kappa shape index (κ1) is 12.8. The molecule has 0 aromatic heterocycles. The van der Waals surface area contributed by atoms with Crippen molar-refractivity contribution in [3.63, 3.8) is 0 Å². The lowest BCUT2D eigenvalue weighted by atomic mass is 10.00. The predicted molar refractivity (Wildman–Crippen MR) is 66.3 cm³/mol. The van der Waals surface area contributed by atoms with E-state index < -0.39 is 0 Å². The number of hydrogen-bond donors (Lipinski definition) is 0. The maximum atomic E-state index is 10.7. The summed E-state index contributed by atoms with van der Waals surface area (Å²) in [4.78, 5) is 10.7. The lowest BCUT2D eigenvalue weighted by Crippen LogP contribution is -2.01. The molecule has 1 rings (SSSR count). The van der Waals surface area contributed by atoms with Crippen LogP contribution in [0, 0.1) is 0 Å². The first-order valence-corrected chi connectivity index (χ1v) is 5.91. The molecular formula is C14H20O2. The van der Waals surface area contributed by atoms with Crippen LogP contribution in [-0.4, -0.2) is 12.9 Å². The van der Waals surface area contributed by atoms with Crippen molar-refractivity contribution in [3.8, 4) is 5.75 Å². The zero-order valence-electron chi connectivity index (χ0n) is 10.3. The van der Waals surface area contributed by atoms with Gasteiger partial charge < -0.3 is 4.74 Å². The van der Waals surface area contributed by atoms with Crippen LogP contribution in [0.4, 0.5) is 0 Å². The summed E-state index contributed by atoms with van der Waals surface area (Å²) in [6.07, 6.45) is 3.07. The van der Waals surface area contributed by atoms with Crippen LogP contribution >= 0.6 is 0 Å². The smallest absolute Gasteiger partial charge is 0.150 e. The summed E-state index contributed by atoms with van der Waals surface area (Å²) in [5.74, 6) is 1.28. The molecular weight excluding hydrogens is 200 g/mol. The molecule has 16 heavy (non-hydrogen) atoms. The average Bonchev–Trinajstić information content (AvgIpc) is 2.29. The van der Waals surface area contributed by atoms with Gasteiger partial charge in [-0.2, -0.15) is 0 Å². The van der Waals surface area contributed by atoms with E-state index >= 15 is 0 Å². The van der Waals surface area contributed by atoms with E-state index in [4.69, 9.17) is 4.74 Å². The molecule has 1 aromatic carbocycles. The molecule has 0 aliphatic heterocycles. The summed E-state index contributed by atoms with van der Waals surface area (Å²) >= 11 is 0. The van der Waals surface area contributed by atoms with Gasteiger partial charge in [-0.3, -0.25) is 4.79 Å². The predicted octanol–water partition coefficient (Wildman–Crippen LogP) is 3.80. The number of unbranched alkanes of at least 4 members (excludes halogenated alkanes) is 1. The topological polar surface area (TPSA) is 26.3 Å². The van der Waals surface area contributed by atoms with Crippen molar-refractivity contribution in [1.29, 1.82) is 0 Å². The normalized spacial score (nSPS) is 10.5. The molecule has 0 bridgehead atoms. The van der Waals surface area contributed by atoms with Crippen molar-refractivity contribution in [2.45, 2.75) is 39.5 Å². The van der Waals surface area contributed by atoms with Gasteiger partial charge in [0.05, 0.1) is 6.61 Å². The Morgan fingerprint density at radius 2 is 2.12 bits per heavy atom. The molecule has 0 spiro atoms. The van der Waals surface area contributed by atoms with Gasteiger partial charge in [-0.25, -0.2) is 0 Å². The van der Waals surface area contributed by atoms with Crippen molar-refractivity contribution >= 4 is 6.29 Å². The van der Waals surface area contributed by atoms with Crippen molar-refractivity contribution in [2.75, 3.05) is 6.61 Å². The largest absolute Gasteiger partial charge is 0.493 e. The van der Waals surface area contributed by atoms with Crippen LogP contribution in [0.5, 0.6) is 5.75 Å². The van der Waals surface area contributed by atoms with Crippen LogP contribution in [-0.2, 0) is 0 Å². The van der Waals surface area contributed by atoms with E-state index in [1.165, 1.54) is 0 Å². The Bertz CT molecular complexity index is 343. The summed E-state index contributed by atoms with van der Waals surface area (Å²) in [6.45, 7) is 7.10. The summed E-state index contributed by atoms with van der Waals surface area (Å²) in [5.41, 5.74) is 1.83. The van der Waals surface area contributed by atoms with E-state index in [0.717, 1.165) is 37.0 Å². The van der Waals surface area contributed by atoms with E-state index in [9.17, 15) is 4.79 Å². The van der Waals surface area contributed by atoms with Gasteiger partial charge >= 0.3 is 0 Å². The highest BCUT2D eigenvalue weighted by Crippen LogP contribution is 2.27. The van der Waals surface area contributed by atoms with Crippen LogP contribution < -0.4 is 4.74 Å². The molecule has 0 fully saturated rings. The second-order valence-corrected chi connectivity index (χ2v) is 4.27. The second-order valence-electron chi connectivity index (χ2n) is 4.27. The van der Waals surface area contributed by atoms with E-state index in [1.54, 1.807) is 6.07 Å². The molecule has 0 heterocycles. The van der Waals surface area contributed by atoms with Crippen LogP contribution in [0.2, 0.25) is 0 Å². The summed E-state index contributed by atoms with van der Waals surface area (Å²) in [5, 5.41) is 0. The number of carbonyl (C=O) groups excluding carboxylic acids is 1. The fraction of sp³-hybridized carbons (Fsp3) is 0.500. The van der Waals surface area contributed by atoms with Gasteiger partial charge in [0.2, 0.25) is 0 Å². The van der Waals surface area contributed by atoms with E-state index in [0.29, 0.717) is 11.5 Å². The highest BCUT2D eigenvalue weighted by Gasteiger charge is 2.08. The maximum Gasteiger partial charge on any atom is 0.150 e. The molecule has 0 atom stereocenters. The maximum absolute atomic E-state index is 10.7. The molecule has 0 unspecified atom stereocenters. The van der Waals surface area contributed by atoms with Gasteiger partial charge in [-0.1, -0.05) is 27.2 Å². The first-order valence-electron chi connectivity index (χ1n) is 5.91. The SMILES string of the molecule is CCCCOc1ccc(C=O)cc1C(C)C. The van der Waals surface area contributed by atoms with Crippen LogP contribution in [0.1, 0.15) is 55.5 Å². The lowest BCUT2D eigenvalue weighted by Gasteiger charge is -2.14. The minimum atomic E-state index is 0.372. The molecule has 1 aromatic rings. The summed E-state index contributed by atoms with van der Waals surface area (Å²) in [7, 11) is 0. The van der Waals surface area contributed by atoms with Gasteiger partial charge in [0, 0.05) is 5.56 Å². The molecule has 2 nitrogen and oxygen atoms in total. The van der Waals surface area contributed by atoms with Crippen molar-refractivity contribution < 1.29 is 9.53 Å². The molecule has 2 heteroatoms. The van der Waals surface area contributed by atoms with Gasteiger partial charge in [-0.05, 0) is 36.1 Å². The van der Waals surface area contributed by atoms with E-state index in [1.807, 2.05) is 12.1 Å². The monoisotopic (exact) mass is 220 g/mol. The third kappa shape index (κ3) is 3.37. The fourth-order valence-electron chi connectivity index (χ4n) is 1.55. The number of ether oxygens (including phenoxy) is 1. The third-order valence-corrected chi connectivity index (χ3v) is 2.55. The second kappa shape index (κ2) is 6.31. The molecule has 0 aliphatic carbocycles. The standard InChI is InChI=1S/C14H20O2/c1-4-5-8-16-14-7-6-12(10-15)9-13(14)11(2)3/h6-7,9-11H,4-5,8H2,1-3H3. The van der Waals surface area contributed by atoms with Crippen molar-refractivity contribution in [3.05, 3.63) is 29.3 Å². The fourth-order valence-corrected chi connectivity index (χ4v) is 1.55. The van der Waals surface area contributed by atoms with Crippen LogP contribution in [0.15, 0.2) is 18.2 Å². The minimum absolute atomic E-state index is 0.372. The highest BCUT2D eigenvalue weighted by atomic mass is 16.5. The Labute approximate surface area is 97.6 Å². The molecule has 0 aliphatic rings. The van der Waals surface area contributed by atoms with Crippen LogP contribution in [0.3, 0.4) is 0 Å². The lowest BCUT2D eigenvalue weighted by molar-refractivity contribution is 0.112. The quantitative estimate of drug-likeness (QED) is 0.538. The third-order valence-electron chi connectivity index (χ3n) is 2.55. The van der Waals surface area contributed by atoms with Gasteiger partial charge in [0.1, 0.15) is 12.0 Å². The molecule has 0 saturated carbocycles. The van der Waals surface area contributed by atoms with Gasteiger partial charge in [0.15, 0.2) is 0 Å². The Morgan fingerprint density at radius 1 is 1.38 bits per heavy atom. The summed E-state index contributed by atoms with van der Waals surface area (Å²) < 4.78 is 5.72. The number of aldehydes is 1. The first-order chi connectivity index (χ1) is 7.69. The van der Waals surface area contributed by atoms with E-state index in [2.05, 4.69) is 20.8 Å². The van der Waals surface area contributed by atoms with Crippen LogP contribution in [0.25, 0.3) is 0 Å². The average molecular weight is 220 g/mol. The van der Waals surface area contributed by atoms with Crippen molar-refractivity contribution in [1.82, 2.24) is 0 Å². The Hall–Kier alpha value is -1.31. The Kier molecular flexibility index (Phi) is 5.03. The molecule has 88 valence electrons. The number of rotatable bonds is 6. The minimum Gasteiger partial charge on any atom is -0.493 e. The van der Waals surface area contributed by atoms with Gasteiger partial charge in [-0.15, -0.1) is 0 Å². The molecule has 0 radical (unpaired) electrons. The number of hydrogen-bond acceptors (Lipinski definition) is 2. The zero-order chi connectivity index (χ0) is 12.0. The van der Waals surface area contributed by atoms with E-state index in [-0.39, 0.29) is 0 Å². The zero-order valence-corrected chi connectivity index (χ0v) is 10.3. The Morgan fingerprint density at radius 3 is 2.69 bits per heavy atom. The molecule has 0 amide bonds. The number of carbonyl (C=O) groups is 1. The van der Waals surface area contributed by atoms with Crippen molar-refractivity contribution in [2.24, 2.45) is 0 Å². The highest BCUT2D eigenvalue weighted by molar-refractivity contribution is 5.75. The summed E-state index contributed by atoms with van der Waals surface area (Å²) in [6, 6.07) is 5.62. The molecule has 0 saturated heterocycles. The Balaban J connectivity index is 2.85.